The molecule has 6 nitrogen and oxygen atoms in total. The number of carbonyl (C=O) groups is 1. The van der Waals surface area contributed by atoms with Gasteiger partial charge in [0.25, 0.3) is 0 Å². The van der Waals surface area contributed by atoms with Crippen molar-refractivity contribution in [3.8, 4) is 11.5 Å². The molecule has 1 atom stereocenters. The summed E-state index contributed by atoms with van der Waals surface area (Å²) in [6.45, 7) is 3.94. The Morgan fingerprint density at radius 1 is 1.50 bits per heavy atom. The fraction of sp³-hybridized carbons (Fsp3) is 0.375. The van der Waals surface area contributed by atoms with E-state index in [-0.39, 0.29) is 11.9 Å². The lowest BCUT2D eigenvalue weighted by Crippen LogP contribution is -2.43. The number of nitrogens with zero attached hydrogens (tertiary/aromatic N) is 1. The van der Waals surface area contributed by atoms with Gasteiger partial charge in [0, 0.05) is 30.3 Å². The van der Waals surface area contributed by atoms with Crippen molar-refractivity contribution in [3.63, 3.8) is 0 Å². The predicted molar refractivity (Wildman–Crippen MR) is 82.5 cm³/mol. The van der Waals surface area contributed by atoms with Crippen LogP contribution in [0.15, 0.2) is 34.9 Å². The van der Waals surface area contributed by atoms with Gasteiger partial charge in [-0.1, -0.05) is 6.07 Å². The van der Waals surface area contributed by atoms with Gasteiger partial charge in [0.2, 0.25) is 11.8 Å². The van der Waals surface area contributed by atoms with Crippen LogP contribution in [0.3, 0.4) is 0 Å². The number of hydrogen-bond donors (Lipinski definition) is 2. The van der Waals surface area contributed by atoms with E-state index in [9.17, 15) is 4.79 Å². The van der Waals surface area contributed by atoms with Gasteiger partial charge in [-0.3, -0.25) is 4.79 Å². The summed E-state index contributed by atoms with van der Waals surface area (Å²) >= 11 is 0. The lowest BCUT2D eigenvalue weighted by molar-refractivity contribution is -0.117. The van der Waals surface area contributed by atoms with Crippen LogP contribution in [-0.2, 0) is 9.53 Å². The van der Waals surface area contributed by atoms with Gasteiger partial charge in [-0.2, -0.15) is 0 Å². The number of anilines is 1. The number of oxazole rings is 1. The van der Waals surface area contributed by atoms with E-state index in [2.05, 4.69) is 15.6 Å². The van der Waals surface area contributed by atoms with Crippen LogP contribution in [0, 0.1) is 6.92 Å². The van der Waals surface area contributed by atoms with Gasteiger partial charge in [-0.05, 0) is 25.1 Å². The molecule has 0 spiro atoms. The zero-order valence-electron chi connectivity index (χ0n) is 12.5. The van der Waals surface area contributed by atoms with Gasteiger partial charge in [-0.25, -0.2) is 4.98 Å². The highest BCUT2D eigenvalue weighted by molar-refractivity contribution is 5.91. The molecule has 1 amide bonds. The van der Waals surface area contributed by atoms with Gasteiger partial charge in [0.15, 0.2) is 0 Å². The van der Waals surface area contributed by atoms with Crippen molar-refractivity contribution in [1.82, 2.24) is 10.3 Å². The average molecular weight is 301 g/mol. The molecule has 2 N–H and O–H groups in total. The Kier molecular flexibility index (Phi) is 4.50. The molecule has 1 saturated heterocycles. The minimum Gasteiger partial charge on any atom is -0.444 e. The Labute approximate surface area is 128 Å². The fourth-order valence-electron chi connectivity index (χ4n) is 2.40. The van der Waals surface area contributed by atoms with Gasteiger partial charge in [-0.15, -0.1) is 0 Å². The summed E-state index contributed by atoms with van der Waals surface area (Å²) in [7, 11) is 0. The number of amides is 1. The van der Waals surface area contributed by atoms with Crippen molar-refractivity contribution >= 4 is 11.6 Å². The van der Waals surface area contributed by atoms with Crippen LogP contribution >= 0.6 is 0 Å². The molecule has 1 unspecified atom stereocenters. The molecule has 1 aromatic heterocycles. The molecule has 1 aliphatic heterocycles. The summed E-state index contributed by atoms with van der Waals surface area (Å²) in [5, 5.41) is 6.17. The van der Waals surface area contributed by atoms with E-state index in [1.54, 1.807) is 6.26 Å². The third-order valence-electron chi connectivity index (χ3n) is 3.44. The molecule has 22 heavy (non-hydrogen) atoms. The summed E-state index contributed by atoms with van der Waals surface area (Å²) in [5.41, 5.74) is 2.40. The van der Waals surface area contributed by atoms with Crippen molar-refractivity contribution in [2.45, 2.75) is 19.4 Å². The molecular weight excluding hydrogens is 282 g/mol. The number of ether oxygens (including phenoxy) is 1. The van der Waals surface area contributed by atoms with Crippen LogP contribution in [-0.4, -0.2) is 36.7 Å². The predicted octanol–water partition coefficient (Wildman–Crippen LogP) is 1.97. The first-order chi connectivity index (χ1) is 10.7. The number of benzene rings is 1. The molecule has 0 bridgehead atoms. The highest BCUT2D eigenvalue weighted by atomic mass is 16.5. The van der Waals surface area contributed by atoms with Crippen LogP contribution in [0.1, 0.15) is 12.1 Å². The Hall–Kier alpha value is -2.18. The smallest absolute Gasteiger partial charge is 0.226 e. The minimum absolute atomic E-state index is 0.0382. The molecular formula is C16H19N3O3. The number of nitrogens with one attached hydrogen (secondary N) is 2. The van der Waals surface area contributed by atoms with Gasteiger partial charge < -0.3 is 19.8 Å². The summed E-state index contributed by atoms with van der Waals surface area (Å²) in [5.74, 6) is 0.514. The molecule has 1 aliphatic rings. The zero-order valence-corrected chi connectivity index (χ0v) is 12.5. The monoisotopic (exact) mass is 301 g/mol. The first kappa shape index (κ1) is 14.7. The Balaban J connectivity index is 1.63. The van der Waals surface area contributed by atoms with Crippen molar-refractivity contribution in [3.05, 3.63) is 36.2 Å². The molecule has 0 radical (unpaired) electrons. The lowest BCUT2D eigenvalue weighted by atomic mass is 10.1. The Morgan fingerprint density at radius 3 is 3.14 bits per heavy atom. The molecule has 1 fully saturated rings. The molecule has 116 valence electrons. The maximum absolute atomic E-state index is 12.1. The molecule has 6 heteroatoms. The molecule has 3 rings (SSSR count). The highest BCUT2D eigenvalue weighted by Crippen LogP contribution is 2.22. The van der Waals surface area contributed by atoms with Crippen molar-refractivity contribution in [2.75, 3.05) is 25.1 Å². The molecule has 0 aliphatic carbocycles. The molecule has 1 aromatic carbocycles. The largest absolute Gasteiger partial charge is 0.444 e. The summed E-state index contributed by atoms with van der Waals surface area (Å²) in [6.07, 6.45) is 2.00. The van der Waals surface area contributed by atoms with Crippen molar-refractivity contribution in [1.29, 1.82) is 0 Å². The number of carbonyl (C=O) groups excluding carboxylic acids is 1. The normalized spacial score (nSPS) is 18.1. The second kappa shape index (κ2) is 6.72. The standard InChI is InChI=1S/C16H19N3O3/c1-11-9-22-16(18-11)12-3-2-4-13(7-12)19-15(20)8-14-10-21-6-5-17-14/h2-4,7,9,14,17H,5-6,8,10H2,1H3,(H,19,20). The fourth-order valence-corrected chi connectivity index (χ4v) is 2.40. The van der Waals surface area contributed by atoms with E-state index in [4.69, 9.17) is 9.15 Å². The average Bonchev–Trinajstić information content (AvgIpc) is 2.95. The summed E-state index contributed by atoms with van der Waals surface area (Å²) < 4.78 is 10.7. The quantitative estimate of drug-likeness (QED) is 0.903. The minimum atomic E-state index is -0.0382. The highest BCUT2D eigenvalue weighted by Gasteiger charge is 2.17. The Morgan fingerprint density at radius 2 is 2.41 bits per heavy atom. The third-order valence-corrected chi connectivity index (χ3v) is 3.44. The van der Waals surface area contributed by atoms with E-state index in [0.29, 0.717) is 25.5 Å². The van der Waals surface area contributed by atoms with Gasteiger partial charge in [0.1, 0.15) is 6.26 Å². The van der Waals surface area contributed by atoms with E-state index >= 15 is 0 Å². The maximum atomic E-state index is 12.1. The summed E-state index contributed by atoms with van der Waals surface area (Å²) in [6, 6.07) is 7.55. The van der Waals surface area contributed by atoms with Gasteiger partial charge >= 0.3 is 0 Å². The van der Waals surface area contributed by atoms with Crippen LogP contribution in [0.5, 0.6) is 0 Å². The number of aromatic nitrogens is 1. The third kappa shape index (κ3) is 3.72. The van der Waals surface area contributed by atoms with Gasteiger partial charge in [0.05, 0.1) is 18.9 Å². The molecule has 2 aromatic rings. The van der Waals surface area contributed by atoms with Crippen LogP contribution < -0.4 is 10.6 Å². The topological polar surface area (TPSA) is 76.4 Å². The number of morpholine rings is 1. The first-order valence-corrected chi connectivity index (χ1v) is 7.34. The van der Waals surface area contributed by atoms with Crippen LogP contribution in [0.2, 0.25) is 0 Å². The van der Waals surface area contributed by atoms with E-state index in [0.717, 1.165) is 23.5 Å². The Bertz CT molecular complexity index is 648. The number of hydrogen-bond acceptors (Lipinski definition) is 5. The van der Waals surface area contributed by atoms with E-state index in [1.807, 2.05) is 31.2 Å². The van der Waals surface area contributed by atoms with Crippen molar-refractivity contribution in [2.24, 2.45) is 0 Å². The second-order valence-electron chi connectivity index (χ2n) is 5.35. The summed E-state index contributed by atoms with van der Waals surface area (Å²) in [4.78, 5) is 16.4. The maximum Gasteiger partial charge on any atom is 0.226 e. The SMILES string of the molecule is Cc1coc(-c2cccc(NC(=O)CC3COCCN3)c2)n1. The van der Waals surface area contributed by atoms with Crippen LogP contribution in [0.4, 0.5) is 5.69 Å². The lowest BCUT2D eigenvalue weighted by Gasteiger charge is -2.23. The van der Waals surface area contributed by atoms with Crippen LogP contribution in [0.25, 0.3) is 11.5 Å². The van der Waals surface area contributed by atoms with E-state index in [1.165, 1.54) is 0 Å². The zero-order chi connectivity index (χ0) is 15.4. The number of aryl methyl sites for hydroxylation is 1. The first-order valence-electron chi connectivity index (χ1n) is 7.34. The number of rotatable bonds is 4. The van der Waals surface area contributed by atoms with E-state index < -0.39 is 0 Å². The second-order valence-corrected chi connectivity index (χ2v) is 5.35. The molecule has 2 heterocycles. The molecule has 0 saturated carbocycles. The van der Waals surface area contributed by atoms with Crippen molar-refractivity contribution < 1.29 is 13.9 Å².